The van der Waals surface area contributed by atoms with Gasteiger partial charge in [0.1, 0.15) is 6.61 Å². The lowest BCUT2D eigenvalue weighted by atomic mass is 9.84. The quantitative estimate of drug-likeness (QED) is 0.100. The molecule has 0 aliphatic carbocycles. The zero-order chi connectivity index (χ0) is 23.4. The van der Waals surface area contributed by atoms with E-state index < -0.39 is 0 Å². The summed E-state index contributed by atoms with van der Waals surface area (Å²) < 4.78 is 10.2. The van der Waals surface area contributed by atoms with Gasteiger partial charge in [0.15, 0.2) is 0 Å². The molecule has 172 valence electrons. The molecule has 0 radical (unpaired) electrons. The maximum atomic E-state index is 11.4. The lowest BCUT2D eigenvalue weighted by molar-refractivity contribution is -0.140. The molecule has 3 rings (SSSR count). The Hall–Kier alpha value is -2.99. The summed E-state index contributed by atoms with van der Waals surface area (Å²) in [6.45, 7) is 6.96. The van der Waals surface area contributed by atoms with Crippen LogP contribution < -0.4 is 5.32 Å². The van der Waals surface area contributed by atoms with E-state index in [1.807, 2.05) is 18.2 Å². The molecule has 0 fully saturated rings. The molecule has 5 heteroatoms. The number of ether oxygens (including phenoxy) is 2. The van der Waals surface area contributed by atoms with Gasteiger partial charge in [0.05, 0.1) is 18.0 Å². The van der Waals surface area contributed by atoms with E-state index in [0.29, 0.717) is 25.3 Å². The van der Waals surface area contributed by atoms with Gasteiger partial charge in [-0.1, -0.05) is 97.6 Å². The molecule has 0 atom stereocenters. The van der Waals surface area contributed by atoms with Crippen LogP contribution in [0.1, 0.15) is 23.6 Å². The predicted molar refractivity (Wildman–Crippen MR) is 139 cm³/mol. The molecule has 0 spiro atoms. The zero-order valence-electron chi connectivity index (χ0n) is 18.9. The van der Waals surface area contributed by atoms with E-state index >= 15 is 0 Å². The first-order valence-corrected chi connectivity index (χ1v) is 11.9. The van der Waals surface area contributed by atoms with Crippen molar-refractivity contribution in [2.45, 2.75) is 11.7 Å². The number of nitrogens with one attached hydrogen (secondary N) is 1. The van der Waals surface area contributed by atoms with E-state index in [4.69, 9.17) is 9.47 Å². The SMILES string of the molecule is C=C(C)C(=O)OCCOCCNC=[SH]C(c1ccccc1)(c1ccccc1)c1ccccc1. The second kappa shape index (κ2) is 12.9. The fourth-order valence-corrected chi connectivity index (χ4v) is 4.83. The normalized spacial score (nSPS) is 11.7. The van der Waals surface area contributed by atoms with E-state index in [0.717, 1.165) is 11.4 Å². The van der Waals surface area contributed by atoms with Gasteiger partial charge in [0, 0.05) is 17.6 Å². The average Bonchev–Trinajstić information content (AvgIpc) is 2.87. The Kier molecular flexibility index (Phi) is 9.63. The van der Waals surface area contributed by atoms with Crippen LogP contribution in [0.3, 0.4) is 0 Å². The molecule has 0 unspecified atom stereocenters. The van der Waals surface area contributed by atoms with Crippen molar-refractivity contribution in [1.82, 2.24) is 5.32 Å². The number of hydrogen-bond donors (Lipinski definition) is 2. The Morgan fingerprint density at radius 1 is 0.848 bits per heavy atom. The summed E-state index contributed by atoms with van der Waals surface area (Å²) in [6.07, 6.45) is 0. The molecule has 0 saturated heterocycles. The van der Waals surface area contributed by atoms with Gasteiger partial charge in [0.25, 0.3) is 0 Å². The predicted octanol–water partition coefficient (Wildman–Crippen LogP) is 4.93. The van der Waals surface area contributed by atoms with Crippen LogP contribution in [0.4, 0.5) is 0 Å². The van der Waals surface area contributed by atoms with E-state index in [1.54, 1.807) is 6.92 Å². The van der Waals surface area contributed by atoms with Crippen LogP contribution in [0.15, 0.2) is 103 Å². The first kappa shape index (κ1) is 24.6. The van der Waals surface area contributed by atoms with E-state index in [9.17, 15) is 4.79 Å². The average molecular weight is 462 g/mol. The number of esters is 1. The van der Waals surface area contributed by atoms with E-state index in [1.165, 1.54) is 16.7 Å². The highest BCUT2D eigenvalue weighted by atomic mass is 32.1. The summed E-state index contributed by atoms with van der Waals surface area (Å²) in [5, 5.41) is 3.38. The molecule has 0 bridgehead atoms. The Morgan fingerprint density at radius 3 is 1.79 bits per heavy atom. The molecule has 4 nitrogen and oxygen atoms in total. The first-order valence-electron chi connectivity index (χ1n) is 11.0. The summed E-state index contributed by atoms with van der Waals surface area (Å²) in [4.78, 5) is 11.4. The monoisotopic (exact) mass is 461 g/mol. The van der Waals surface area contributed by atoms with Gasteiger partial charge in [-0.05, 0) is 23.6 Å². The lowest BCUT2D eigenvalue weighted by Crippen LogP contribution is -2.26. The maximum Gasteiger partial charge on any atom is 0.333 e. The molecule has 0 heterocycles. The molecule has 3 aromatic carbocycles. The Morgan fingerprint density at radius 2 is 1.33 bits per heavy atom. The van der Waals surface area contributed by atoms with Crippen LogP contribution >= 0.6 is 11.4 Å². The maximum absolute atomic E-state index is 11.4. The molecule has 3 aromatic rings. The summed E-state index contributed by atoms with van der Waals surface area (Å²) >= 11 is 1.10. The van der Waals surface area contributed by atoms with E-state index in [2.05, 4.69) is 90.2 Å². The standard InChI is InChI=1S/C28H31NO3S/c1-23(2)27(30)32-21-20-31-19-18-29-22-33-28(24-12-6-3-7-13-24,25-14-8-4-9-15-25)26-16-10-5-11-17-26/h3-17,22,29,33H,1,18-21H2,2H3. The fraction of sp³-hybridized carbons (Fsp3) is 0.214. The van der Waals surface area contributed by atoms with Crippen molar-refractivity contribution in [3.8, 4) is 0 Å². The third-order valence-electron chi connectivity index (χ3n) is 5.12. The summed E-state index contributed by atoms with van der Waals surface area (Å²) in [6, 6.07) is 31.8. The number of carbonyl (C=O) groups is 1. The number of rotatable bonds is 12. The van der Waals surface area contributed by atoms with E-state index in [-0.39, 0.29) is 17.3 Å². The summed E-state index contributed by atoms with van der Waals surface area (Å²) in [5.74, 6) is -0.386. The van der Waals surface area contributed by atoms with Crippen LogP contribution in [-0.4, -0.2) is 37.8 Å². The second-order valence-electron chi connectivity index (χ2n) is 7.55. The van der Waals surface area contributed by atoms with Crippen LogP contribution in [0.2, 0.25) is 0 Å². The van der Waals surface area contributed by atoms with Gasteiger partial charge >= 0.3 is 5.97 Å². The van der Waals surface area contributed by atoms with Crippen molar-refractivity contribution < 1.29 is 14.3 Å². The van der Waals surface area contributed by atoms with Crippen molar-refractivity contribution in [2.24, 2.45) is 0 Å². The third-order valence-corrected chi connectivity index (χ3v) is 6.60. The third kappa shape index (κ3) is 6.75. The number of carbonyl (C=O) groups excluding carboxylic acids is 1. The van der Waals surface area contributed by atoms with Crippen LogP contribution in [-0.2, 0) is 19.0 Å². The molecule has 0 aliphatic heterocycles. The number of hydrogen-bond acceptors (Lipinski definition) is 3. The topological polar surface area (TPSA) is 47.6 Å². The van der Waals surface area contributed by atoms with Gasteiger partial charge < -0.3 is 9.47 Å². The highest BCUT2D eigenvalue weighted by Crippen LogP contribution is 2.44. The molecule has 0 amide bonds. The molecule has 0 aromatic heterocycles. The summed E-state index contributed by atoms with van der Waals surface area (Å²) in [7, 11) is 0. The van der Waals surface area contributed by atoms with Crippen molar-refractivity contribution in [2.75, 3.05) is 26.4 Å². The van der Waals surface area contributed by atoms with Crippen molar-refractivity contribution in [3.05, 3.63) is 120 Å². The lowest BCUT2D eigenvalue weighted by Gasteiger charge is -2.33. The van der Waals surface area contributed by atoms with Gasteiger partial charge in [-0.3, -0.25) is 5.32 Å². The summed E-state index contributed by atoms with van der Waals surface area (Å²) in [5.41, 5.74) is 6.19. The second-order valence-corrected chi connectivity index (χ2v) is 8.74. The molecular weight excluding hydrogens is 430 g/mol. The van der Waals surface area contributed by atoms with Crippen LogP contribution in [0.25, 0.3) is 0 Å². The minimum atomic E-state index is -0.386. The molecule has 33 heavy (non-hydrogen) atoms. The minimum absolute atomic E-state index is 0.229. The highest BCUT2D eigenvalue weighted by molar-refractivity contribution is 7.98. The molecule has 1 N–H and O–H groups in total. The van der Waals surface area contributed by atoms with Gasteiger partial charge in [0.2, 0.25) is 0 Å². The smallest absolute Gasteiger partial charge is 0.333 e. The van der Waals surface area contributed by atoms with Crippen molar-refractivity contribution >= 4 is 22.8 Å². The Labute approximate surface area is 200 Å². The minimum Gasteiger partial charge on any atom is -0.460 e. The largest absolute Gasteiger partial charge is 0.460 e. The molecular formula is C28H31NO3S. The van der Waals surface area contributed by atoms with Gasteiger partial charge in [-0.15, -0.1) is 0 Å². The number of thiol groups is 1. The van der Waals surface area contributed by atoms with Gasteiger partial charge in [-0.25, -0.2) is 4.79 Å². The number of benzene rings is 3. The van der Waals surface area contributed by atoms with Crippen LogP contribution in [0, 0.1) is 0 Å². The molecule has 0 aliphatic rings. The van der Waals surface area contributed by atoms with Crippen LogP contribution in [0.5, 0.6) is 0 Å². The van der Waals surface area contributed by atoms with Crippen molar-refractivity contribution in [1.29, 1.82) is 0 Å². The fourth-order valence-electron chi connectivity index (χ4n) is 3.52. The first-order chi connectivity index (χ1) is 16.1. The highest BCUT2D eigenvalue weighted by Gasteiger charge is 2.33. The zero-order valence-corrected chi connectivity index (χ0v) is 19.8. The van der Waals surface area contributed by atoms with Gasteiger partial charge in [-0.2, -0.15) is 11.4 Å². The Balaban J connectivity index is 1.71. The molecule has 0 saturated carbocycles. The van der Waals surface area contributed by atoms with Crippen molar-refractivity contribution in [3.63, 3.8) is 0 Å². The Bertz CT molecular complexity index is 940.